The van der Waals surface area contributed by atoms with Crippen LogP contribution in [0, 0.1) is 0 Å². The second-order valence-corrected chi connectivity index (χ2v) is 4.56. The summed E-state index contributed by atoms with van der Waals surface area (Å²) in [6.45, 7) is 11.8. The van der Waals surface area contributed by atoms with Crippen LogP contribution in [0.1, 0.15) is 20.8 Å². The van der Waals surface area contributed by atoms with Crippen molar-refractivity contribution < 1.29 is 0 Å². The second kappa shape index (κ2) is 7.21. The zero-order valence-corrected chi connectivity index (χ0v) is 11.6. The molecule has 1 saturated heterocycles. The van der Waals surface area contributed by atoms with Crippen LogP contribution in [0.3, 0.4) is 0 Å². The molecule has 1 rings (SSSR count). The average Bonchev–Trinajstić information content (AvgIpc) is 2.30. The molecular formula is C14H25N3. The van der Waals surface area contributed by atoms with Gasteiger partial charge in [0.1, 0.15) is 0 Å². The van der Waals surface area contributed by atoms with Gasteiger partial charge in [-0.25, -0.2) is 0 Å². The smallest absolute Gasteiger partial charge is 0.0506 e. The maximum Gasteiger partial charge on any atom is 0.0506 e. The Hall–Kier alpha value is -1.18. The summed E-state index contributed by atoms with van der Waals surface area (Å²) in [7, 11) is 2.18. The Morgan fingerprint density at radius 3 is 2.47 bits per heavy atom. The number of nitrogens with one attached hydrogen (secondary N) is 1. The molecule has 3 heteroatoms. The molecule has 0 aromatic heterocycles. The molecular weight excluding hydrogens is 210 g/mol. The van der Waals surface area contributed by atoms with E-state index in [2.05, 4.69) is 47.8 Å². The van der Waals surface area contributed by atoms with Gasteiger partial charge in [-0.2, -0.15) is 0 Å². The van der Waals surface area contributed by atoms with Crippen LogP contribution in [-0.4, -0.2) is 49.6 Å². The first kappa shape index (κ1) is 13.9. The van der Waals surface area contributed by atoms with Gasteiger partial charge in [-0.15, -0.1) is 5.73 Å². The van der Waals surface area contributed by atoms with E-state index in [4.69, 9.17) is 0 Å². The molecule has 0 radical (unpaired) electrons. The van der Waals surface area contributed by atoms with Gasteiger partial charge in [-0.1, -0.05) is 0 Å². The summed E-state index contributed by atoms with van der Waals surface area (Å²) in [5, 5.41) is 3.23. The lowest BCUT2D eigenvalue weighted by molar-refractivity contribution is 0.186. The summed E-state index contributed by atoms with van der Waals surface area (Å²) in [5.74, 6) is 0. The van der Waals surface area contributed by atoms with Crippen molar-refractivity contribution in [2.75, 3.05) is 39.8 Å². The van der Waals surface area contributed by atoms with Crippen LogP contribution in [0.5, 0.6) is 0 Å². The molecule has 1 heterocycles. The fourth-order valence-corrected chi connectivity index (χ4v) is 1.87. The third-order valence-corrected chi connectivity index (χ3v) is 3.07. The molecule has 0 atom stereocenters. The lowest BCUT2D eigenvalue weighted by Crippen LogP contribution is -2.43. The summed E-state index contributed by atoms with van der Waals surface area (Å²) in [4.78, 5) is 4.80. The Labute approximate surface area is 105 Å². The van der Waals surface area contributed by atoms with E-state index in [1.165, 1.54) is 5.70 Å². The highest BCUT2D eigenvalue weighted by Gasteiger charge is 2.12. The Morgan fingerprint density at radius 2 is 1.88 bits per heavy atom. The van der Waals surface area contributed by atoms with Crippen molar-refractivity contribution in [3.8, 4) is 0 Å². The largest absolute Gasteiger partial charge is 0.383 e. The highest BCUT2D eigenvalue weighted by atomic mass is 15.2. The van der Waals surface area contributed by atoms with Crippen LogP contribution in [0.2, 0.25) is 0 Å². The summed E-state index contributed by atoms with van der Waals surface area (Å²) in [6, 6.07) is 0. The molecule has 3 nitrogen and oxygen atoms in total. The van der Waals surface area contributed by atoms with E-state index in [1.54, 1.807) is 0 Å². The van der Waals surface area contributed by atoms with Gasteiger partial charge in [0.2, 0.25) is 0 Å². The maximum absolute atomic E-state index is 3.23. The number of hydrogen-bond acceptors (Lipinski definition) is 3. The van der Waals surface area contributed by atoms with Crippen LogP contribution in [-0.2, 0) is 0 Å². The SMILES string of the molecule is CCNC(C)=C=C/C=C(\C)N1CCN(C)CC1. The molecule has 0 aromatic rings. The third-order valence-electron chi connectivity index (χ3n) is 3.07. The van der Waals surface area contributed by atoms with Crippen molar-refractivity contribution >= 4 is 0 Å². The second-order valence-electron chi connectivity index (χ2n) is 4.56. The normalized spacial score (nSPS) is 17.6. The highest BCUT2D eigenvalue weighted by Crippen LogP contribution is 2.07. The van der Waals surface area contributed by atoms with Crippen LogP contribution >= 0.6 is 0 Å². The van der Waals surface area contributed by atoms with Crippen LogP contribution in [0.15, 0.2) is 29.3 Å². The first-order valence-electron chi connectivity index (χ1n) is 6.41. The van der Waals surface area contributed by atoms with Gasteiger partial charge in [-0.3, -0.25) is 0 Å². The lowest BCUT2D eigenvalue weighted by Gasteiger charge is -2.34. The Kier molecular flexibility index (Phi) is 5.88. The quantitative estimate of drug-likeness (QED) is 0.592. The predicted molar refractivity (Wildman–Crippen MR) is 73.8 cm³/mol. The fourth-order valence-electron chi connectivity index (χ4n) is 1.87. The molecule has 1 fully saturated rings. The average molecular weight is 235 g/mol. The Morgan fingerprint density at radius 1 is 1.24 bits per heavy atom. The molecule has 0 amide bonds. The molecule has 17 heavy (non-hydrogen) atoms. The van der Waals surface area contributed by atoms with Gasteiger partial charge < -0.3 is 15.1 Å². The molecule has 0 unspecified atom stereocenters. The minimum Gasteiger partial charge on any atom is -0.383 e. The summed E-state index contributed by atoms with van der Waals surface area (Å²) >= 11 is 0. The highest BCUT2D eigenvalue weighted by molar-refractivity contribution is 5.12. The van der Waals surface area contributed by atoms with Gasteiger partial charge in [0.05, 0.1) is 5.70 Å². The molecule has 1 N–H and O–H groups in total. The standard InChI is InChI=1S/C14H25N3/c1-5-15-13(2)7-6-8-14(3)17-11-9-16(4)10-12-17/h6,8,15H,5,9-12H2,1-4H3/b14-8+. The van der Waals surface area contributed by atoms with E-state index >= 15 is 0 Å². The molecule has 0 aromatic carbocycles. The molecule has 0 spiro atoms. The Balaban J connectivity index is 2.52. The lowest BCUT2D eigenvalue weighted by atomic mass is 10.3. The van der Waals surface area contributed by atoms with Gasteiger partial charge in [-0.05, 0) is 40.0 Å². The molecule has 1 aliphatic heterocycles. The number of rotatable bonds is 4. The van der Waals surface area contributed by atoms with E-state index in [1.807, 2.05) is 13.0 Å². The number of nitrogens with zero attached hydrogens (tertiary/aromatic N) is 2. The Bertz CT molecular complexity index is 316. The minimum atomic E-state index is 0.952. The number of likely N-dealkylation sites (N-methyl/N-ethyl adjacent to an activating group) is 1. The van der Waals surface area contributed by atoms with Crippen molar-refractivity contribution in [3.05, 3.63) is 29.3 Å². The van der Waals surface area contributed by atoms with Gasteiger partial charge in [0.25, 0.3) is 0 Å². The first-order chi connectivity index (χ1) is 8.13. The van der Waals surface area contributed by atoms with Crippen LogP contribution in [0.4, 0.5) is 0 Å². The zero-order valence-electron chi connectivity index (χ0n) is 11.6. The van der Waals surface area contributed by atoms with Crippen molar-refractivity contribution in [2.45, 2.75) is 20.8 Å². The first-order valence-corrected chi connectivity index (χ1v) is 6.41. The minimum absolute atomic E-state index is 0.952. The van der Waals surface area contributed by atoms with Gasteiger partial charge in [0, 0.05) is 38.4 Å². The predicted octanol–water partition coefficient (Wildman–Crippen LogP) is 1.81. The third kappa shape index (κ3) is 5.12. The number of allylic oxidation sites excluding steroid dienone is 3. The number of hydrogen-bond donors (Lipinski definition) is 1. The van der Waals surface area contributed by atoms with Gasteiger partial charge >= 0.3 is 0 Å². The molecule has 0 aliphatic carbocycles. The molecule has 1 aliphatic rings. The van der Waals surface area contributed by atoms with Crippen molar-refractivity contribution in [1.82, 2.24) is 15.1 Å². The molecule has 0 bridgehead atoms. The van der Waals surface area contributed by atoms with Crippen molar-refractivity contribution in [3.63, 3.8) is 0 Å². The van der Waals surface area contributed by atoms with E-state index in [-0.39, 0.29) is 0 Å². The van der Waals surface area contributed by atoms with Gasteiger partial charge in [0.15, 0.2) is 0 Å². The summed E-state index contributed by atoms with van der Waals surface area (Å²) in [5.41, 5.74) is 5.65. The molecule has 0 saturated carbocycles. The van der Waals surface area contributed by atoms with E-state index in [0.717, 1.165) is 38.4 Å². The van der Waals surface area contributed by atoms with Crippen LogP contribution in [0.25, 0.3) is 0 Å². The van der Waals surface area contributed by atoms with E-state index in [9.17, 15) is 0 Å². The van der Waals surface area contributed by atoms with Crippen molar-refractivity contribution in [1.29, 1.82) is 0 Å². The maximum atomic E-state index is 3.23. The summed E-state index contributed by atoms with van der Waals surface area (Å²) in [6.07, 6.45) is 4.15. The zero-order chi connectivity index (χ0) is 12.7. The fraction of sp³-hybridized carbons (Fsp3) is 0.643. The van der Waals surface area contributed by atoms with E-state index < -0.39 is 0 Å². The monoisotopic (exact) mass is 235 g/mol. The summed E-state index contributed by atoms with van der Waals surface area (Å²) < 4.78 is 0. The van der Waals surface area contributed by atoms with Crippen molar-refractivity contribution in [2.24, 2.45) is 0 Å². The topological polar surface area (TPSA) is 18.5 Å². The van der Waals surface area contributed by atoms with E-state index in [0.29, 0.717) is 0 Å². The van der Waals surface area contributed by atoms with Crippen LogP contribution < -0.4 is 5.32 Å². The molecule has 96 valence electrons. The number of piperazine rings is 1.